The quantitative estimate of drug-likeness (QED) is 0.850. The standard InChI is InChI=1S/C12H12N2S/c1-2-4-9(5-3-1)11-8-15-12(14-11)13-10-6-7-10/h1-5,8,10H,6-7H2,(H,13,14). The lowest BCUT2D eigenvalue weighted by molar-refractivity contribution is 1.14. The molecular weight excluding hydrogens is 204 g/mol. The zero-order valence-electron chi connectivity index (χ0n) is 8.31. The van der Waals surface area contributed by atoms with Crippen molar-refractivity contribution in [3.05, 3.63) is 35.7 Å². The second-order valence-electron chi connectivity index (χ2n) is 3.82. The summed E-state index contributed by atoms with van der Waals surface area (Å²) < 4.78 is 0. The van der Waals surface area contributed by atoms with Gasteiger partial charge >= 0.3 is 0 Å². The molecule has 3 rings (SSSR count). The van der Waals surface area contributed by atoms with Crippen molar-refractivity contribution in [2.45, 2.75) is 18.9 Å². The van der Waals surface area contributed by atoms with Crippen LogP contribution in [0.2, 0.25) is 0 Å². The van der Waals surface area contributed by atoms with Gasteiger partial charge in [-0.05, 0) is 12.8 Å². The molecule has 1 saturated carbocycles. The SMILES string of the molecule is c1ccc(-c2csc(NC3CC3)n2)cc1. The number of rotatable bonds is 3. The fourth-order valence-corrected chi connectivity index (χ4v) is 2.28. The minimum absolute atomic E-state index is 0.680. The van der Waals surface area contributed by atoms with E-state index in [1.165, 1.54) is 18.4 Å². The molecule has 15 heavy (non-hydrogen) atoms. The highest BCUT2D eigenvalue weighted by molar-refractivity contribution is 7.14. The molecule has 1 fully saturated rings. The van der Waals surface area contributed by atoms with Crippen molar-refractivity contribution in [2.75, 3.05) is 5.32 Å². The van der Waals surface area contributed by atoms with Gasteiger partial charge in [0, 0.05) is 17.0 Å². The summed E-state index contributed by atoms with van der Waals surface area (Å²) >= 11 is 1.69. The molecule has 1 aromatic carbocycles. The van der Waals surface area contributed by atoms with Gasteiger partial charge in [-0.25, -0.2) is 4.98 Å². The van der Waals surface area contributed by atoms with E-state index in [0.717, 1.165) is 10.8 Å². The molecule has 0 spiro atoms. The predicted octanol–water partition coefficient (Wildman–Crippen LogP) is 3.38. The van der Waals surface area contributed by atoms with E-state index in [1.54, 1.807) is 11.3 Å². The van der Waals surface area contributed by atoms with Gasteiger partial charge in [0.2, 0.25) is 0 Å². The molecule has 1 aromatic heterocycles. The van der Waals surface area contributed by atoms with Crippen LogP contribution in [0, 0.1) is 0 Å². The number of hydrogen-bond acceptors (Lipinski definition) is 3. The van der Waals surface area contributed by atoms with Gasteiger partial charge in [0.05, 0.1) is 5.69 Å². The molecule has 2 aromatic rings. The van der Waals surface area contributed by atoms with Crippen LogP contribution in [0.4, 0.5) is 5.13 Å². The zero-order chi connectivity index (χ0) is 10.1. The van der Waals surface area contributed by atoms with Crippen LogP contribution in [0.3, 0.4) is 0 Å². The topological polar surface area (TPSA) is 24.9 Å². The molecule has 1 N–H and O–H groups in total. The van der Waals surface area contributed by atoms with E-state index in [-0.39, 0.29) is 0 Å². The van der Waals surface area contributed by atoms with Crippen LogP contribution in [-0.4, -0.2) is 11.0 Å². The van der Waals surface area contributed by atoms with Crippen molar-refractivity contribution < 1.29 is 0 Å². The molecule has 0 atom stereocenters. The van der Waals surface area contributed by atoms with Crippen LogP contribution >= 0.6 is 11.3 Å². The monoisotopic (exact) mass is 216 g/mol. The number of aromatic nitrogens is 1. The van der Waals surface area contributed by atoms with Gasteiger partial charge in [-0.15, -0.1) is 11.3 Å². The molecule has 0 unspecified atom stereocenters. The van der Waals surface area contributed by atoms with E-state index in [1.807, 2.05) is 18.2 Å². The maximum absolute atomic E-state index is 4.57. The minimum atomic E-state index is 0.680. The first kappa shape index (κ1) is 8.92. The van der Waals surface area contributed by atoms with Gasteiger partial charge in [0.1, 0.15) is 0 Å². The molecule has 0 bridgehead atoms. The molecule has 1 heterocycles. The molecule has 2 nitrogen and oxygen atoms in total. The Morgan fingerprint density at radius 1 is 1.20 bits per heavy atom. The average Bonchev–Trinajstić information content (AvgIpc) is 2.96. The van der Waals surface area contributed by atoms with Gasteiger partial charge in [0.25, 0.3) is 0 Å². The molecule has 0 saturated heterocycles. The number of nitrogens with zero attached hydrogens (tertiary/aromatic N) is 1. The fourth-order valence-electron chi connectivity index (χ4n) is 1.48. The highest BCUT2D eigenvalue weighted by Gasteiger charge is 2.21. The van der Waals surface area contributed by atoms with Crippen molar-refractivity contribution in [3.63, 3.8) is 0 Å². The normalized spacial score (nSPS) is 15.2. The largest absolute Gasteiger partial charge is 0.359 e. The maximum Gasteiger partial charge on any atom is 0.183 e. The smallest absolute Gasteiger partial charge is 0.183 e. The van der Waals surface area contributed by atoms with E-state index in [9.17, 15) is 0 Å². The Hall–Kier alpha value is -1.35. The summed E-state index contributed by atoms with van der Waals surface area (Å²) in [5.41, 5.74) is 2.27. The second-order valence-corrected chi connectivity index (χ2v) is 4.68. The van der Waals surface area contributed by atoms with Gasteiger partial charge in [0.15, 0.2) is 5.13 Å². The highest BCUT2D eigenvalue weighted by atomic mass is 32.1. The van der Waals surface area contributed by atoms with Crippen molar-refractivity contribution in [2.24, 2.45) is 0 Å². The zero-order valence-corrected chi connectivity index (χ0v) is 9.13. The third kappa shape index (κ3) is 2.02. The van der Waals surface area contributed by atoms with Gasteiger partial charge in [-0.3, -0.25) is 0 Å². The minimum Gasteiger partial charge on any atom is -0.359 e. The third-order valence-corrected chi connectivity index (χ3v) is 3.25. The third-order valence-electron chi connectivity index (χ3n) is 2.48. The van der Waals surface area contributed by atoms with Crippen LogP contribution in [-0.2, 0) is 0 Å². The predicted molar refractivity (Wildman–Crippen MR) is 64.2 cm³/mol. The Kier molecular flexibility index (Phi) is 2.18. The molecule has 3 heteroatoms. The molecular formula is C12H12N2S. The van der Waals surface area contributed by atoms with Gasteiger partial charge in [-0.2, -0.15) is 0 Å². The summed E-state index contributed by atoms with van der Waals surface area (Å²) in [5.74, 6) is 0. The molecule has 0 aliphatic heterocycles. The molecule has 1 aliphatic rings. The average molecular weight is 216 g/mol. The number of anilines is 1. The lowest BCUT2D eigenvalue weighted by Crippen LogP contribution is -1.99. The molecule has 1 aliphatic carbocycles. The summed E-state index contributed by atoms with van der Waals surface area (Å²) in [6, 6.07) is 11.0. The van der Waals surface area contributed by atoms with Crippen molar-refractivity contribution >= 4 is 16.5 Å². The number of nitrogens with one attached hydrogen (secondary N) is 1. The van der Waals surface area contributed by atoms with Crippen LogP contribution in [0.5, 0.6) is 0 Å². The summed E-state index contributed by atoms with van der Waals surface area (Å²) in [5, 5.41) is 6.58. The molecule has 0 radical (unpaired) electrons. The van der Waals surface area contributed by atoms with Crippen molar-refractivity contribution in [1.82, 2.24) is 4.98 Å². The van der Waals surface area contributed by atoms with E-state index in [0.29, 0.717) is 6.04 Å². The summed E-state index contributed by atoms with van der Waals surface area (Å²) in [6.45, 7) is 0. The fraction of sp³-hybridized carbons (Fsp3) is 0.250. The first-order chi connectivity index (χ1) is 7.42. The number of hydrogen-bond donors (Lipinski definition) is 1. The van der Waals surface area contributed by atoms with Crippen molar-refractivity contribution in [1.29, 1.82) is 0 Å². The Labute approximate surface area is 93.0 Å². The summed E-state index contributed by atoms with van der Waals surface area (Å²) in [4.78, 5) is 4.57. The lowest BCUT2D eigenvalue weighted by Gasteiger charge is -1.97. The summed E-state index contributed by atoms with van der Waals surface area (Å²) in [6.07, 6.45) is 2.58. The first-order valence-corrected chi connectivity index (χ1v) is 6.07. The highest BCUT2D eigenvalue weighted by Crippen LogP contribution is 2.29. The summed E-state index contributed by atoms with van der Waals surface area (Å²) in [7, 11) is 0. The molecule has 76 valence electrons. The van der Waals surface area contributed by atoms with E-state index in [4.69, 9.17) is 0 Å². The Bertz CT molecular complexity index is 446. The van der Waals surface area contributed by atoms with Crippen LogP contribution in [0.1, 0.15) is 12.8 Å². The Morgan fingerprint density at radius 3 is 2.73 bits per heavy atom. The molecule has 0 amide bonds. The Morgan fingerprint density at radius 2 is 2.00 bits per heavy atom. The van der Waals surface area contributed by atoms with Crippen LogP contribution in [0.15, 0.2) is 35.7 Å². The first-order valence-electron chi connectivity index (χ1n) is 5.19. The van der Waals surface area contributed by atoms with Gasteiger partial charge in [-0.1, -0.05) is 30.3 Å². The van der Waals surface area contributed by atoms with E-state index < -0.39 is 0 Å². The number of thiazole rings is 1. The van der Waals surface area contributed by atoms with E-state index in [2.05, 4.69) is 27.8 Å². The lowest BCUT2D eigenvalue weighted by atomic mass is 10.2. The van der Waals surface area contributed by atoms with Crippen molar-refractivity contribution in [3.8, 4) is 11.3 Å². The Balaban J connectivity index is 1.83. The van der Waals surface area contributed by atoms with Crippen LogP contribution < -0.4 is 5.32 Å². The van der Waals surface area contributed by atoms with Gasteiger partial charge < -0.3 is 5.32 Å². The second kappa shape index (κ2) is 3.66. The number of benzene rings is 1. The van der Waals surface area contributed by atoms with E-state index >= 15 is 0 Å². The van der Waals surface area contributed by atoms with Crippen LogP contribution in [0.25, 0.3) is 11.3 Å². The maximum atomic E-state index is 4.57.